The number of hydrogen-bond acceptors (Lipinski definition) is 3. The standard InChI is InChI=1S/C47H39N3/c1-4-5-7-13-33(2)46-31-43(32-47(50-46)37-15-8-6-9-16-37)42-29-40(35-19-23-38(24-20-35)44-17-10-11-27-48-44)28-41(30-42)36-21-25-39(26-22-36)45-18-12-14-34(3)49-45/h5-32H,4H2,1-3H3/b7-5-,33-13+. The highest BCUT2D eigenvalue weighted by Gasteiger charge is 2.13. The van der Waals surface area contributed by atoms with Crippen LogP contribution in [0.5, 0.6) is 0 Å². The van der Waals surface area contributed by atoms with Gasteiger partial charge >= 0.3 is 0 Å². The maximum absolute atomic E-state index is 5.14. The van der Waals surface area contributed by atoms with Gasteiger partial charge in [-0.25, -0.2) is 4.98 Å². The fraction of sp³-hybridized carbons (Fsp3) is 0.0851. The molecule has 0 bridgehead atoms. The molecular formula is C47H39N3. The largest absolute Gasteiger partial charge is 0.256 e. The SMILES string of the molecule is CC/C=C\C=C(/C)c1cc(-c2cc(-c3ccc(-c4ccccn4)cc3)cc(-c3ccc(-c4cccc(C)n4)cc3)c2)cc(-c2ccccc2)n1. The van der Waals surface area contributed by atoms with E-state index in [0.717, 1.165) is 90.5 Å². The second-order valence-corrected chi connectivity index (χ2v) is 12.5. The summed E-state index contributed by atoms with van der Waals surface area (Å²) < 4.78 is 0. The number of benzene rings is 4. The van der Waals surface area contributed by atoms with Crippen LogP contribution in [0.2, 0.25) is 0 Å². The quantitative estimate of drug-likeness (QED) is 0.147. The van der Waals surface area contributed by atoms with Crippen LogP contribution < -0.4 is 0 Å². The Kier molecular flexibility index (Phi) is 9.66. The fourth-order valence-corrected chi connectivity index (χ4v) is 6.12. The third kappa shape index (κ3) is 7.43. The van der Waals surface area contributed by atoms with Gasteiger partial charge in [0.1, 0.15) is 0 Å². The lowest BCUT2D eigenvalue weighted by Crippen LogP contribution is -1.94. The molecule has 7 aromatic rings. The van der Waals surface area contributed by atoms with Crippen molar-refractivity contribution in [3.05, 3.63) is 181 Å². The van der Waals surface area contributed by atoms with Crippen molar-refractivity contribution in [2.45, 2.75) is 27.2 Å². The maximum Gasteiger partial charge on any atom is 0.0715 e. The van der Waals surface area contributed by atoms with Gasteiger partial charge in [0.05, 0.1) is 22.8 Å². The van der Waals surface area contributed by atoms with E-state index >= 15 is 0 Å². The van der Waals surface area contributed by atoms with Gasteiger partial charge in [-0.3, -0.25) is 9.97 Å². The van der Waals surface area contributed by atoms with Gasteiger partial charge in [0.15, 0.2) is 0 Å². The molecule has 3 heterocycles. The molecule has 3 aromatic heterocycles. The van der Waals surface area contributed by atoms with Crippen molar-refractivity contribution in [1.29, 1.82) is 0 Å². The molecule has 0 spiro atoms. The van der Waals surface area contributed by atoms with Crippen LogP contribution in [0.4, 0.5) is 0 Å². The van der Waals surface area contributed by atoms with Crippen LogP contribution in [0.3, 0.4) is 0 Å². The average molecular weight is 646 g/mol. The summed E-state index contributed by atoms with van der Waals surface area (Å²) in [6.07, 6.45) is 9.27. The summed E-state index contributed by atoms with van der Waals surface area (Å²) in [4.78, 5) is 14.4. The Labute approximate surface area is 295 Å². The zero-order valence-corrected chi connectivity index (χ0v) is 28.7. The lowest BCUT2D eigenvalue weighted by atomic mass is 9.91. The molecule has 0 amide bonds. The first-order valence-electron chi connectivity index (χ1n) is 17.2. The summed E-state index contributed by atoms with van der Waals surface area (Å²) in [7, 11) is 0. The molecule has 3 nitrogen and oxygen atoms in total. The van der Waals surface area contributed by atoms with Crippen molar-refractivity contribution < 1.29 is 0 Å². The molecule has 242 valence electrons. The van der Waals surface area contributed by atoms with E-state index in [0.29, 0.717) is 0 Å². The monoisotopic (exact) mass is 645 g/mol. The van der Waals surface area contributed by atoms with Crippen LogP contribution >= 0.6 is 0 Å². The summed E-state index contributed by atoms with van der Waals surface area (Å²) in [6, 6.07) is 51.4. The molecule has 0 aliphatic heterocycles. The Morgan fingerprint density at radius 2 is 1.06 bits per heavy atom. The highest BCUT2D eigenvalue weighted by molar-refractivity contribution is 5.84. The lowest BCUT2D eigenvalue weighted by molar-refractivity contribution is 1.21. The van der Waals surface area contributed by atoms with Crippen molar-refractivity contribution in [1.82, 2.24) is 15.0 Å². The van der Waals surface area contributed by atoms with Gasteiger partial charge in [-0.05, 0) is 114 Å². The van der Waals surface area contributed by atoms with E-state index in [1.54, 1.807) is 0 Å². The molecule has 0 N–H and O–H groups in total. The summed E-state index contributed by atoms with van der Waals surface area (Å²) in [6.45, 7) is 6.31. The zero-order chi connectivity index (χ0) is 34.3. The van der Waals surface area contributed by atoms with E-state index in [2.05, 4.69) is 152 Å². The van der Waals surface area contributed by atoms with Crippen LogP contribution in [0.1, 0.15) is 31.7 Å². The number of nitrogens with zero attached hydrogens (tertiary/aromatic N) is 3. The summed E-state index contributed by atoms with van der Waals surface area (Å²) in [5.41, 5.74) is 16.1. The van der Waals surface area contributed by atoms with Gasteiger partial charge in [-0.2, -0.15) is 0 Å². The van der Waals surface area contributed by atoms with Gasteiger partial charge in [0, 0.05) is 28.6 Å². The Hall–Kier alpha value is -6.19. The second-order valence-electron chi connectivity index (χ2n) is 12.5. The van der Waals surface area contributed by atoms with Crippen LogP contribution in [-0.4, -0.2) is 15.0 Å². The van der Waals surface area contributed by atoms with Crippen molar-refractivity contribution in [3.63, 3.8) is 0 Å². The second kappa shape index (κ2) is 14.9. The molecule has 0 atom stereocenters. The van der Waals surface area contributed by atoms with Crippen molar-refractivity contribution in [2.24, 2.45) is 0 Å². The van der Waals surface area contributed by atoms with Gasteiger partial charge in [0.25, 0.3) is 0 Å². The van der Waals surface area contributed by atoms with Gasteiger partial charge in [-0.15, -0.1) is 0 Å². The molecule has 4 aromatic carbocycles. The number of pyridine rings is 3. The normalized spacial score (nSPS) is 11.6. The third-order valence-electron chi connectivity index (χ3n) is 8.86. The number of allylic oxidation sites excluding steroid dienone is 4. The molecular weight excluding hydrogens is 607 g/mol. The number of aryl methyl sites for hydroxylation is 1. The average Bonchev–Trinajstić information content (AvgIpc) is 3.18. The Morgan fingerprint density at radius 3 is 1.68 bits per heavy atom. The highest BCUT2D eigenvalue weighted by atomic mass is 14.7. The Balaban J connectivity index is 1.37. The zero-order valence-electron chi connectivity index (χ0n) is 28.7. The van der Waals surface area contributed by atoms with Crippen LogP contribution in [-0.2, 0) is 0 Å². The molecule has 3 heteroatoms. The molecule has 0 unspecified atom stereocenters. The van der Waals surface area contributed by atoms with Crippen LogP contribution in [0.15, 0.2) is 170 Å². The third-order valence-corrected chi connectivity index (χ3v) is 8.86. The molecule has 7 rings (SSSR count). The van der Waals surface area contributed by atoms with Gasteiger partial charge in [0.2, 0.25) is 0 Å². The lowest BCUT2D eigenvalue weighted by Gasteiger charge is -2.14. The molecule has 50 heavy (non-hydrogen) atoms. The molecule has 0 aliphatic rings. The minimum atomic E-state index is 0.951. The van der Waals surface area contributed by atoms with E-state index in [1.165, 1.54) is 0 Å². The first kappa shape index (κ1) is 32.4. The molecule has 0 radical (unpaired) electrons. The van der Waals surface area contributed by atoms with Crippen molar-refractivity contribution in [3.8, 4) is 67.2 Å². The number of aromatic nitrogens is 3. The predicted octanol–water partition coefficient (Wildman–Crippen LogP) is 12.6. The van der Waals surface area contributed by atoms with E-state index in [-0.39, 0.29) is 0 Å². The Bertz CT molecular complexity index is 2280. The van der Waals surface area contributed by atoms with E-state index in [9.17, 15) is 0 Å². The summed E-state index contributed by atoms with van der Waals surface area (Å²) in [5, 5.41) is 0. The summed E-state index contributed by atoms with van der Waals surface area (Å²) in [5.74, 6) is 0. The van der Waals surface area contributed by atoms with Crippen LogP contribution in [0, 0.1) is 6.92 Å². The van der Waals surface area contributed by atoms with E-state index < -0.39 is 0 Å². The smallest absolute Gasteiger partial charge is 0.0715 e. The van der Waals surface area contributed by atoms with E-state index in [4.69, 9.17) is 9.97 Å². The molecule has 0 fully saturated rings. The molecule has 0 aliphatic carbocycles. The first-order valence-corrected chi connectivity index (χ1v) is 17.2. The Morgan fingerprint density at radius 1 is 0.500 bits per heavy atom. The fourth-order valence-electron chi connectivity index (χ4n) is 6.12. The van der Waals surface area contributed by atoms with Crippen LogP contribution in [0.25, 0.3) is 72.7 Å². The predicted molar refractivity (Wildman–Crippen MR) is 210 cm³/mol. The van der Waals surface area contributed by atoms with Gasteiger partial charge < -0.3 is 0 Å². The van der Waals surface area contributed by atoms with Gasteiger partial charge in [-0.1, -0.05) is 116 Å². The number of hydrogen-bond donors (Lipinski definition) is 0. The number of rotatable bonds is 9. The minimum Gasteiger partial charge on any atom is -0.256 e. The molecule has 0 saturated carbocycles. The highest BCUT2D eigenvalue weighted by Crippen LogP contribution is 2.36. The molecule has 0 saturated heterocycles. The first-order chi connectivity index (χ1) is 24.5. The van der Waals surface area contributed by atoms with Crippen molar-refractivity contribution >= 4 is 5.57 Å². The van der Waals surface area contributed by atoms with E-state index in [1.807, 2.05) is 43.5 Å². The minimum absolute atomic E-state index is 0.951. The topological polar surface area (TPSA) is 38.7 Å². The summed E-state index contributed by atoms with van der Waals surface area (Å²) >= 11 is 0. The van der Waals surface area contributed by atoms with Crippen molar-refractivity contribution in [2.75, 3.05) is 0 Å². The maximum atomic E-state index is 5.14.